The highest BCUT2D eigenvalue weighted by molar-refractivity contribution is 5.85. The van der Waals surface area contributed by atoms with Crippen LogP contribution in [-0.4, -0.2) is 34.6 Å². The zero-order chi connectivity index (χ0) is 12.6. The number of nitrogens with zero attached hydrogens (tertiary/aromatic N) is 1. The summed E-state index contributed by atoms with van der Waals surface area (Å²) >= 11 is 0. The van der Waals surface area contributed by atoms with Gasteiger partial charge in [0.25, 0.3) is 0 Å². The van der Waals surface area contributed by atoms with E-state index in [0.717, 1.165) is 12.8 Å². The number of rotatable bonds is 2. The molecule has 0 atom stereocenters. The van der Waals surface area contributed by atoms with Gasteiger partial charge < -0.3 is 10.0 Å². The third kappa shape index (κ3) is 1.35. The lowest BCUT2D eigenvalue weighted by Crippen LogP contribution is -2.65. The van der Waals surface area contributed by atoms with Gasteiger partial charge in [0.1, 0.15) is 5.60 Å². The monoisotopic (exact) mass is 237 g/mol. The highest BCUT2D eigenvalue weighted by Crippen LogP contribution is 2.69. The maximum atomic E-state index is 12.4. The lowest BCUT2D eigenvalue weighted by atomic mass is 9.88. The van der Waals surface area contributed by atoms with E-state index in [4.69, 9.17) is 0 Å². The Balaban J connectivity index is 1.63. The molecular weight excluding hydrogens is 214 g/mol. The van der Waals surface area contributed by atoms with E-state index in [9.17, 15) is 9.90 Å². The van der Waals surface area contributed by atoms with Crippen LogP contribution in [0, 0.1) is 22.7 Å². The summed E-state index contributed by atoms with van der Waals surface area (Å²) in [5.41, 5.74) is -0.326. The molecule has 0 spiro atoms. The van der Waals surface area contributed by atoms with E-state index in [0.29, 0.717) is 19.0 Å². The van der Waals surface area contributed by atoms with Crippen molar-refractivity contribution in [1.29, 1.82) is 0 Å². The van der Waals surface area contributed by atoms with Gasteiger partial charge in [-0.15, -0.1) is 0 Å². The van der Waals surface area contributed by atoms with Gasteiger partial charge in [-0.3, -0.25) is 4.79 Å². The van der Waals surface area contributed by atoms with Gasteiger partial charge in [0.2, 0.25) is 5.91 Å². The maximum absolute atomic E-state index is 12.4. The second-order valence-corrected chi connectivity index (χ2v) is 7.45. The van der Waals surface area contributed by atoms with Crippen LogP contribution in [0.3, 0.4) is 0 Å². The van der Waals surface area contributed by atoms with Crippen molar-refractivity contribution < 1.29 is 9.90 Å². The number of hydrogen-bond acceptors (Lipinski definition) is 2. The van der Waals surface area contributed by atoms with E-state index < -0.39 is 5.60 Å². The third-order valence-corrected chi connectivity index (χ3v) is 5.85. The Morgan fingerprint density at radius 1 is 1.12 bits per heavy atom. The van der Waals surface area contributed by atoms with Crippen molar-refractivity contribution in [3.05, 3.63) is 0 Å². The minimum atomic E-state index is -0.543. The predicted molar refractivity (Wildman–Crippen MR) is 65.3 cm³/mol. The molecule has 0 aromatic heterocycles. The summed E-state index contributed by atoms with van der Waals surface area (Å²) in [5.74, 6) is 0.857. The van der Waals surface area contributed by atoms with Crippen molar-refractivity contribution in [3.63, 3.8) is 0 Å². The molecule has 1 amide bonds. The van der Waals surface area contributed by atoms with E-state index in [2.05, 4.69) is 27.7 Å². The highest BCUT2D eigenvalue weighted by Gasteiger charge is 2.70. The Morgan fingerprint density at radius 3 is 1.94 bits per heavy atom. The van der Waals surface area contributed by atoms with Crippen LogP contribution in [-0.2, 0) is 4.79 Å². The van der Waals surface area contributed by atoms with Crippen molar-refractivity contribution in [2.45, 2.75) is 46.1 Å². The molecule has 1 aliphatic heterocycles. The summed E-state index contributed by atoms with van der Waals surface area (Å²) in [6, 6.07) is 0. The van der Waals surface area contributed by atoms with E-state index >= 15 is 0 Å². The van der Waals surface area contributed by atoms with Gasteiger partial charge in [-0.1, -0.05) is 27.7 Å². The molecule has 0 bridgehead atoms. The average Bonchev–Trinajstić information content (AvgIpc) is 2.99. The smallest absolute Gasteiger partial charge is 0.227 e. The summed E-state index contributed by atoms with van der Waals surface area (Å²) in [7, 11) is 0. The van der Waals surface area contributed by atoms with Crippen molar-refractivity contribution in [3.8, 4) is 0 Å². The van der Waals surface area contributed by atoms with E-state index in [1.807, 2.05) is 4.90 Å². The minimum absolute atomic E-state index is 0.109. The lowest BCUT2D eigenvalue weighted by molar-refractivity contribution is -0.161. The molecule has 0 radical (unpaired) electrons. The zero-order valence-corrected chi connectivity index (χ0v) is 11.3. The molecule has 3 heteroatoms. The summed E-state index contributed by atoms with van der Waals surface area (Å²) in [4.78, 5) is 14.2. The number of likely N-dealkylation sites (tertiary alicyclic amines) is 1. The molecular formula is C14H23NO2. The van der Waals surface area contributed by atoms with Gasteiger partial charge in [-0.2, -0.15) is 0 Å². The quantitative estimate of drug-likeness (QED) is 0.793. The standard InChI is InChI=1S/C14H23NO2/c1-12(2)10(13(12,3)4)11(16)15-7-14(17,8-15)9-5-6-9/h9-10,17H,5-8H2,1-4H3. The van der Waals surface area contributed by atoms with Gasteiger partial charge in [0.15, 0.2) is 0 Å². The summed E-state index contributed by atoms with van der Waals surface area (Å²) < 4.78 is 0. The second kappa shape index (κ2) is 2.87. The molecule has 1 heterocycles. The third-order valence-electron chi connectivity index (χ3n) is 5.85. The second-order valence-electron chi connectivity index (χ2n) is 7.45. The number of hydrogen-bond donors (Lipinski definition) is 1. The van der Waals surface area contributed by atoms with Crippen LogP contribution in [0.5, 0.6) is 0 Å². The first-order valence-corrected chi connectivity index (χ1v) is 6.71. The fourth-order valence-electron chi connectivity index (χ4n) is 3.65. The van der Waals surface area contributed by atoms with Crippen LogP contribution in [0.15, 0.2) is 0 Å². The molecule has 96 valence electrons. The summed E-state index contributed by atoms with van der Waals surface area (Å²) in [6.07, 6.45) is 2.28. The van der Waals surface area contributed by atoms with Gasteiger partial charge in [-0.05, 0) is 29.6 Å². The molecule has 3 rings (SSSR count). The summed E-state index contributed by atoms with van der Waals surface area (Å²) in [6.45, 7) is 9.81. The number of β-amino-alcohol motifs (C(OH)–C–C–N with tert-alkyl or cyclic N) is 1. The Bertz CT molecular complexity index is 362. The average molecular weight is 237 g/mol. The van der Waals surface area contributed by atoms with Gasteiger partial charge in [0.05, 0.1) is 13.1 Å². The Hall–Kier alpha value is -0.570. The van der Waals surface area contributed by atoms with E-state index in [1.165, 1.54) is 0 Å². The lowest BCUT2D eigenvalue weighted by Gasteiger charge is -2.47. The van der Waals surface area contributed by atoms with Crippen LogP contribution in [0.4, 0.5) is 0 Å². The van der Waals surface area contributed by atoms with Crippen LogP contribution >= 0.6 is 0 Å². The SMILES string of the molecule is CC1(C)C(C(=O)N2CC(O)(C3CC3)C2)C1(C)C. The van der Waals surface area contributed by atoms with Gasteiger partial charge >= 0.3 is 0 Å². The Morgan fingerprint density at radius 2 is 1.59 bits per heavy atom. The van der Waals surface area contributed by atoms with Crippen molar-refractivity contribution >= 4 is 5.91 Å². The topological polar surface area (TPSA) is 40.5 Å². The molecule has 0 aromatic carbocycles. The molecule has 1 saturated heterocycles. The fourth-order valence-corrected chi connectivity index (χ4v) is 3.65. The minimum Gasteiger partial charge on any atom is -0.386 e. The zero-order valence-electron chi connectivity index (χ0n) is 11.3. The highest BCUT2D eigenvalue weighted by atomic mass is 16.3. The number of aliphatic hydroxyl groups is 1. The molecule has 3 nitrogen and oxygen atoms in total. The van der Waals surface area contributed by atoms with Crippen molar-refractivity contribution in [2.75, 3.05) is 13.1 Å². The first kappa shape index (κ1) is 11.5. The molecule has 2 saturated carbocycles. The molecule has 2 aliphatic carbocycles. The van der Waals surface area contributed by atoms with Gasteiger partial charge in [-0.25, -0.2) is 0 Å². The van der Waals surface area contributed by atoms with Gasteiger partial charge in [0, 0.05) is 5.92 Å². The van der Waals surface area contributed by atoms with E-state index in [1.54, 1.807) is 0 Å². The first-order valence-electron chi connectivity index (χ1n) is 6.71. The molecule has 1 N–H and O–H groups in total. The van der Waals surface area contributed by atoms with Crippen LogP contribution < -0.4 is 0 Å². The molecule has 3 fully saturated rings. The Labute approximate surface area is 103 Å². The molecule has 17 heavy (non-hydrogen) atoms. The number of carbonyl (C=O) groups is 1. The van der Waals surface area contributed by atoms with Crippen LogP contribution in [0.1, 0.15) is 40.5 Å². The number of amides is 1. The summed E-state index contributed by atoms with van der Waals surface area (Å²) in [5, 5.41) is 10.2. The van der Waals surface area contributed by atoms with Crippen molar-refractivity contribution in [2.24, 2.45) is 22.7 Å². The van der Waals surface area contributed by atoms with Crippen molar-refractivity contribution in [1.82, 2.24) is 4.90 Å². The van der Waals surface area contributed by atoms with Crippen LogP contribution in [0.2, 0.25) is 0 Å². The van der Waals surface area contributed by atoms with E-state index in [-0.39, 0.29) is 22.7 Å². The predicted octanol–water partition coefficient (Wildman–Crippen LogP) is 1.65. The normalized spacial score (nSPS) is 33.1. The maximum Gasteiger partial charge on any atom is 0.227 e. The molecule has 3 aliphatic rings. The molecule has 0 aromatic rings. The molecule has 0 unspecified atom stereocenters. The van der Waals surface area contributed by atoms with Crippen LogP contribution in [0.25, 0.3) is 0 Å². The fraction of sp³-hybridized carbons (Fsp3) is 0.929. The Kier molecular flexibility index (Phi) is 1.95. The number of carbonyl (C=O) groups excluding carboxylic acids is 1. The first-order chi connectivity index (χ1) is 7.70. The largest absolute Gasteiger partial charge is 0.386 e.